The Hall–Kier alpha value is -2.66. The number of para-hydroxylation sites is 1. The highest BCUT2D eigenvalue weighted by Gasteiger charge is 2.51. The van der Waals surface area contributed by atoms with E-state index in [-0.39, 0.29) is 5.97 Å². The largest absolute Gasteiger partial charge is 0.468 e. The van der Waals surface area contributed by atoms with Crippen LogP contribution in [0.15, 0.2) is 47.6 Å². The van der Waals surface area contributed by atoms with Crippen molar-refractivity contribution in [3.05, 3.63) is 58.8 Å². The first kappa shape index (κ1) is 27.9. The first-order valence-corrected chi connectivity index (χ1v) is 15.4. The van der Waals surface area contributed by atoms with Crippen LogP contribution >= 0.6 is 0 Å². The number of carbonyl (C=O) groups is 1. The number of esters is 1. The molecule has 0 radical (unpaired) electrons. The Bertz CT molecular complexity index is 1230. The van der Waals surface area contributed by atoms with Gasteiger partial charge in [-0.1, -0.05) is 55.2 Å². The summed E-state index contributed by atoms with van der Waals surface area (Å²) in [7, 11) is 1.53. The molecule has 0 saturated heterocycles. The van der Waals surface area contributed by atoms with Crippen LogP contribution in [0.3, 0.4) is 0 Å². The van der Waals surface area contributed by atoms with Crippen molar-refractivity contribution in [2.24, 2.45) is 11.3 Å². The molecule has 5 heteroatoms. The molecule has 2 aromatic rings. The fourth-order valence-electron chi connectivity index (χ4n) is 7.61. The number of unbranched alkanes of at least 4 members (excludes halogenated alkanes) is 4. The number of aromatic nitrogens is 1. The molecule has 2 bridgehead atoms. The smallest absolute Gasteiger partial charge is 0.316 e. The minimum atomic E-state index is -0.477. The SMILES string of the molecule is CC=C1C2C=C(C)CC1(C(=O)OC)C[C@@H](NCCCCCCCNc1c3c(nc4ccccc14)CCCC3)C2. The molecule has 3 aliphatic carbocycles. The predicted octanol–water partition coefficient (Wildman–Crippen LogP) is 7.30. The Morgan fingerprint density at radius 1 is 1.10 bits per heavy atom. The van der Waals surface area contributed by atoms with Crippen LogP contribution in [0.25, 0.3) is 10.9 Å². The lowest BCUT2D eigenvalue weighted by Crippen LogP contribution is -2.50. The highest BCUT2D eigenvalue weighted by Crippen LogP contribution is 2.52. The molecule has 5 nitrogen and oxygen atoms in total. The number of carbonyl (C=O) groups excluding carboxylic acids is 1. The van der Waals surface area contributed by atoms with Crippen LogP contribution in [0.2, 0.25) is 0 Å². The molecule has 39 heavy (non-hydrogen) atoms. The summed E-state index contributed by atoms with van der Waals surface area (Å²) in [5, 5.41) is 8.89. The molecular weight excluding hydrogens is 482 g/mol. The van der Waals surface area contributed by atoms with Gasteiger partial charge in [0.25, 0.3) is 0 Å². The van der Waals surface area contributed by atoms with Crippen LogP contribution < -0.4 is 10.6 Å². The fourth-order valence-corrected chi connectivity index (χ4v) is 7.61. The number of hydrogen-bond acceptors (Lipinski definition) is 5. The third-order valence-electron chi connectivity index (χ3n) is 9.30. The number of methoxy groups -OCH3 is 1. The molecule has 3 aliphatic rings. The number of hydrogen-bond donors (Lipinski definition) is 2. The standard InChI is InChI=1S/C34H47N3O2/c1-4-29-25-20-24(2)22-34(29,33(38)39-3)23-26(21-25)35-18-12-6-5-7-13-19-36-32-27-14-8-10-16-30(27)37-31-17-11-9-15-28(31)32/h4,8,10,14,16,20,25-26,35H,5-7,9,11-13,15,17-19,21-23H2,1-3H3,(H,36,37)/t25?,26-,34?/m0/s1. The third-order valence-corrected chi connectivity index (χ3v) is 9.30. The van der Waals surface area contributed by atoms with Gasteiger partial charge >= 0.3 is 5.97 Å². The molecular formula is C34H47N3O2. The molecule has 210 valence electrons. The summed E-state index contributed by atoms with van der Waals surface area (Å²) in [6.07, 6.45) is 18.2. The Morgan fingerprint density at radius 3 is 2.69 bits per heavy atom. The molecule has 2 N–H and O–H groups in total. The molecule has 0 amide bonds. The van der Waals surface area contributed by atoms with Crippen LogP contribution in [0.1, 0.15) is 89.3 Å². The summed E-state index contributed by atoms with van der Waals surface area (Å²) in [5.41, 5.74) is 7.34. The summed E-state index contributed by atoms with van der Waals surface area (Å²) in [6, 6.07) is 8.96. The molecule has 2 unspecified atom stereocenters. The third kappa shape index (κ3) is 5.94. The van der Waals surface area contributed by atoms with Crippen LogP contribution in [0.5, 0.6) is 0 Å². The van der Waals surface area contributed by atoms with E-state index >= 15 is 0 Å². The van der Waals surface area contributed by atoms with Crippen LogP contribution in [-0.4, -0.2) is 37.2 Å². The first-order chi connectivity index (χ1) is 19.1. The van der Waals surface area contributed by atoms with Crippen molar-refractivity contribution in [2.75, 3.05) is 25.5 Å². The van der Waals surface area contributed by atoms with E-state index in [0.29, 0.717) is 12.0 Å². The Labute approximate surface area is 234 Å². The average molecular weight is 530 g/mol. The van der Waals surface area contributed by atoms with Crippen molar-refractivity contribution in [3.8, 4) is 0 Å². The maximum atomic E-state index is 13.0. The molecule has 1 fully saturated rings. The molecule has 1 heterocycles. The van der Waals surface area contributed by atoms with Gasteiger partial charge < -0.3 is 15.4 Å². The quantitative estimate of drug-likeness (QED) is 0.182. The number of allylic oxidation sites excluding steroid dienone is 3. The Balaban J connectivity index is 1.04. The van der Waals surface area contributed by atoms with Crippen molar-refractivity contribution in [1.29, 1.82) is 0 Å². The van der Waals surface area contributed by atoms with E-state index in [2.05, 4.69) is 60.9 Å². The summed E-state index contributed by atoms with van der Waals surface area (Å²) < 4.78 is 5.32. The zero-order chi connectivity index (χ0) is 27.2. The molecule has 0 aliphatic heterocycles. The van der Waals surface area contributed by atoms with Gasteiger partial charge in [-0.15, -0.1) is 0 Å². The summed E-state index contributed by atoms with van der Waals surface area (Å²) in [5.74, 6) is 0.290. The molecule has 3 atom stereocenters. The van der Waals surface area contributed by atoms with Gasteiger partial charge in [-0.2, -0.15) is 0 Å². The molecule has 1 saturated carbocycles. The second-order valence-electron chi connectivity index (χ2n) is 12.0. The van der Waals surface area contributed by atoms with E-state index in [1.807, 2.05) is 0 Å². The van der Waals surface area contributed by atoms with Crippen molar-refractivity contribution in [3.63, 3.8) is 0 Å². The Morgan fingerprint density at radius 2 is 1.87 bits per heavy atom. The summed E-state index contributed by atoms with van der Waals surface area (Å²) >= 11 is 0. The first-order valence-electron chi connectivity index (χ1n) is 15.4. The number of anilines is 1. The lowest BCUT2D eigenvalue weighted by Gasteiger charge is -2.47. The normalized spacial score (nSPS) is 25.3. The number of benzene rings is 1. The molecule has 1 aromatic carbocycles. The molecule has 0 spiro atoms. The minimum Gasteiger partial charge on any atom is -0.468 e. The number of aryl methyl sites for hydroxylation is 1. The lowest BCUT2D eigenvalue weighted by atomic mass is 9.58. The van der Waals surface area contributed by atoms with Crippen LogP contribution in [0, 0.1) is 11.3 Å². The van der Waals surface area contributed by atoms with Crippen molar-refractivity contribution in [1.82, 2.24) is 10.3 Å². The van der Waals surface area contributed by atoms with Crippen LogP contribution in [-0.2, 0) is 22.4 Å². The van der Waals surface area contributed by atoms with Crippen molar-refractivity contribution >= 4 is 22.6 Å². The summed E-state index contributed by atoms with van der Waals surface area (Å²) in [4.78, 5) is 17.9. The number of nitrogens with zero attached hydrogens (tertiary/aromatic N) is 1. The highest BCUT2D eigenvalue weighted by molar-refractivity contribution is 5.93. The Kier molecular flexibility index (Phi) is 9.06. The second kappa shape index (κ2) is 12.7. The topological polar surface area (TPSA) is 63.2 Å². The maximum absolute atomic E-state index is 13.0. The van der Waals surface area contributed by atoms with Gasteiger partial charge in [0.2, 0.25) is 0 Å². The van der Waals surface area contributed by atoms with E-state index in [0.717, 1.165) is 50.7 Å². The number of pyridine rings is 1. The monoisotopic (exact) mass is 529 g/mol. The van der Waals surface area contributed by atoms with Crippen molar-refractivity contribution in [2.45, 2.75) is 96.9 Å². The van der Waals surface area contributed by atoms with Gasteiger partial charge in [-0.05, 0) is 95.4 Å². The molecule has 1 aromatic heterocycles. The van der Waals surface area contributed by atoms with E-state index in [9.17, 15) is 4.79 Å². The van der Waals surface area contributed by atoms with Gasteiger partial charge in [0.15, 0.2) is 0 Å². The lowest BCUT2D eigenvalue weighted by molar-refractivity contribution is -0.152. The van der Waals surface area contributed by atoms with Gasteiger partial charge in [-0.3, -0.25) is 9.78 Å². The fraction of sp³-hybridized carbons (Fsp3) is 0.588. The maximum Gasteiger partial charge on any atom is 0.316 e. The average Bonchev–Trinajstić information content (AvgIpc) is 2.94. The second-order valence-corrected chi connectivity index (χ2v) is 12.0. The number of nitrogens with one attached hydrogen (secondary N) is 2. The minimum absolute atomic E-state index is 0.0616. The zero-order valence-corrected chi connectivity index (χ0v) is 24.3. The van der Waals surface area contributed by atoms with Crippen molar-refractivity contribution < 1.29 is 9.53 Å². The zero-order valence-electron chi connectivity index (χ0n) is 24.3. The van der Waals surface area contributed by atoms with E-state index < -0.39 is 5.41 Å². The van der Waals surface area contributed by atoms with E-state index in [4.69, 9.17) is 9.72 Å². The van der Waals surface area contributed by atoms with Gasteiger partial charge in [-0.25, -0.2) is 0 Å². The number of ether oxygens (including phenoxy) is 1. The van der Waals surface area contributed by atoms with Crippen LogP contribution in [0.4, 0.5) is 5.69 Å². The highest BCUT2D eigenvalue weighted by atomic mass is 16.5. The number of fused-ring (bicyclic) bond motifs is 4. The number of rotatable bonds is 11. The predicted molar refractivity (Wildman–Crippen MR) is 161 cm³/mol. The van der Waals surface area contributed by atoms with Gasteiger partial charge in [0, 0.05) is 35.3 Å². The summed E-state index contributed by atoms with van der Waals surface area (Å²) in [6.45, 7) is 6.28. The van der Waals surface area contributed by atoms with E-state index in [1.54, 1.807) is 0 Å². The van der Waals surface area contributed by atoms with Gasteiger partial charge in [0.05, 0.1) is 18.0 Å². The molecule has 5 rings (SSSR count). The van der Waals surface area contributed by atoms with Gasteiger partial charge in [0.1, 0.15) is 0 Å². The van der Waals surface area contributed by atoms with E-state index in [1.165, 1.54) is 85.5 Å².